The van der Waals surface area contributed by atoms with Gasteiger partial charge >= 0.3 is 18.3 Å². The van der Waals surface area contributed by atoms with E-state index in [1.807, 2.05) is 12.1 Å². The molecule has 0 saturated heterocycles. The Labute approximate surface area is 429 Å². The molecule has 18 nitrogen and oxygen atoms in total. The van der Waals surface area contributed by atoms with Crippen LogP contribution in [0, 0.1) is 0 Å². The molecule has 4 aliphatic carbocycles. The summed E-state index contributed by atoms with van der Waals surface area (Å²) in [4.78, 5) is 52.2. The highest BCUT2D eigenvalue weighted by Gasteiger charge is 2.36. The predicted molar refractivity (Wildman–Crippen MR) is 269 cm³/mol. The zero-order chi connectivity index (χ0) is 56.6. The number of anilines is 2. The van der Waals surface area contributed by atoms with Gasteiger partial charge in [0.25, 0.3) is 0 Å². The fraction of sp³-hybridized carbons (Fsp3) is 0.412. The molecule has 0 saturated carbocycles. The van der Waals surface area contributed by atoms with Crippen molar-refractivity contribution in [3.05, 3.63) is 138 Å². The Bertz CT molecular complexity index is 2720. The summed E-state index contributed by atoms with van der Waals surface area (Å²) in [6.45, 7) is 11.9. The van der Waals surface area contributed by atoms with Crippen LogP contribution >= 0.6 is 0 Å². The van der Waals surface area contributed by atoms with Gasteiger partial charge in [0.1, 0.15) is 30.8 Å². The summed E-state index contributed by atoms with van der Waals surface area (Å²) in [5.41, 5.74) is 46.4. The van der Waals surface area contributed by atoms with Crippen molar-refractivity contribution in [1.82, 2.24) is 0 Å². The monoisotopic (exact) mass is 1050 g/mol. The van der Waals surface area contributed by atoms with E-state index < -0.39 is 30.3 Å². The minimum Gasteiger partial charge on any atom is -0.542 e. The number of benzene rings is 2. The van der Waals surface area contributed by atoms with Gasteiger partial charge < -0.3 is 42.1 Å². The van der Waals surface area contributed by atoms with Gasteiger partial charge in [0, 0.05) is 95.1 Å². The topological polar surface area (TPSA) is 338 Å². The van der Waals surface area contributed by atoms with Gasteiger partial charge in [-0.15, -0.1) is 0 Å². The lowest BCUT2D eigenvalue weighted by molar-refractivity contribution is -0.456. The Kier molecular flexibility index (Phi) is 25.0. The maximum Gasteiger partial charge on any atom is 0.430 e. The second kappa shape index (κ2) is 29.7. The van der Waals surface area contributed by atoms with Crippen LogP contribution in [0.3, 0.4) is 0 Å². The Balaban J connectivity index is 0.000000376. The summed E-state index contributed by atoms with van der Waals surface area (Å²) in [6.07, 6.45) is 11.9. The predicted octanol–water partition coefficient (Wildman–Crippen LogP) is 4.86. The van der Waals surface area contributed by atoms with Crippen molar-refractivity contribution in [2.45, 2.75) is 102 Å². The van der Waals surface area contributed by atoms with Gasteiger partial charge in [-0.3, -0.25) is 9.59 Å². The zero-order valence-electron chi connectivity index (χ0n) is 41.9. The van der Waals surface area contributed by atoms with E-state index >= 15 is 0 Å². The molecule has 0 heterocycles. The maximum atomic E-state index is 12.0. The second-order valence-electron chi connectivity index (χ2n) is 17.9. The van der Waals surface area contributed by atoms with E-state index in [9.17, 15) is 35.9 Å². The number of carbonyl (C=O) groups excluding carboxylic acids is 3. The number of azide groups is 2. The third-order valence-corrected chi connectivity index (χ3v) is 11.5. The smallest absolute Gasteiger partial charge is 0.430 e. The highest BCUT2D eigenvalue weighted by Crippen LogP contribution is 2.46. The molecule has 0 radical (unpaired) electrons. The SMILES string of the molecule is CC1(C)C2=CC(=[NH+]CCCC(=O)CCCCN=[N+]=[N-])C=CC2=Cc2ccc(N)cc21.CC1(C)C2=CC(=[NH+]CCCC(=O)O)C=CC2=Cc2ccc(N)cc21.O=C([O-])C(F)(F)F.O=C([O-])C(F)(F)F.[N-]=[N+]=NCCCN. The summed E-state index contributed by atoms with van der Waals surface area (Å²) in [6, 6.07) is 12.2. The number of carboxylic acid groups (broad SMARTS) is 3. The first-order valence-electron chi connectivity index (χ1n) is 23.4. The molecule has 0 aromatic heterocycles. The van der Waals surface area contributed by atoms with Gasteiger partial charge in [-0.25, -0.2) is 9.98 Å². The van der Waals surface area contributed by atoms with E-state index in [-0.39, 0.29) is 23.0 Å². The van der Waals surface area contributed by atoms with Gasteiger partial charge in [-0.1, -0.05) is 50.1 Å². The summed E-state index contributed by atoms with van der Waals surface area (Å²) >= 11 is 0. The number of nitrogens with zero attached hydrogens (tertiary/aromatic N) is 6. The van der Waals surface area contributed by atoms with Crippen LogP contribution in [-0.4, -0.2) is 85.3 Å². The zero-order valence-corrected chi connectivity index (χ0v) is 41.9. The second-order valence-corrected chi connectivity index (χ2v) is 17.9. The number of nitrogens with two attached hydrogens (primary N) is 3. The van der Waals surface area contributed by atoms with Crippen molar-refractivity contribution in [2.75, 3.05) is 44.2 Å². The molecular formula is C51H61F6N11O7. The van der Waals surface area contributed by atoms with Crippen LogP contribution in [0.2, 0.25) is 0 Å². The Morgan fingerprint density at radius 3 is 1.39 bits per heavy atom. The van der Waals surface area contributed by atoms with Crippen LogP contribution in [0.4, 0.5) is 37.7 Å². The molecule has 0 spiro atoms. The van der Waals surface area contributed by atoms with Crippen LogP contribution < -0.4 is 37.4 Å². The molecule has 9 N–H and O–H groups in total. The number of halogens is 6. The number of rotatable bonds is 16. The van der Waals surface area contributed by atoms with Gasteiger partial charge in [0.2, 0.25) is 0 Å². The third-order valence-electron chi connectivity index (χ3n) is 11.5. The Hall–Kier alpha value is -7.94. The van der Waals surface area contributed by atoms with Gasteiger partial charge in [0.15, 0.2) is 11.4 Å². The van der Waals surface area contributed by atoms with Gasteiger partial charge in [0.05, 0.1) is 6.42 Å². The van der Waals surface area contributed by atoms with Gasteiger partial charge in [-0.05, 0) is 130 Å². The van der Waals surface area contributed by atoms with Crippen molar-refractivity contribution in [1.29, 1.82) is 0 Å². The normalized spacial score (nSPS) is 16.0. The lowest BCUT2D eigenvalue weighted by Gasteiger charge is -2.36. The number of carbonyl (C=O) groups is 4. The van der Waals surface area contributed by atoms with Crippen molar-refractivity contribution in [3.8, 4) is 0 Å². The molecule has 0 fully saturated rings. The van der Waals surface area contributed by atoms with Crippen LogP contribution in [-0.2, 0) is 30.0 Å². The first-order valence-corrected chi connectivity index (χ1v) is 23.4. The molecule has 4 aliphatic rings. The highest BCUT2D eigenvalue weighted by molar-refractivity contribution is 6.05. The lowest BCUT2D eigenvalue weighted by atomic mass is 9.67. The summed E-state index contributed by atoms with van der Waals surface area (Å²) in [5.74, 6) is -6.50. The van der Waals surface area contributed by atoms with E-state index in [1.165, 1.54) is 44.5 Å². The minimum absolute atomic E-state index is 0.127. The van der Waals surface area contributed by atoms with Crippen LogP contribution in [0.25, 0.3) is 33.0 Å². The molecule has 6 rings (SSSR count). The Morgan fingerprint density at radius 1 is 0.627 bits per heavy atom. The first-order chi connectivity index (χ1) is 35.1. The molecule has 404 valence electrons. The fourth-order valence-electron chi connectivity index (χ4n) is 7.65. The Morgan fingerprint density at radius 2 is 1.01 bits per heavy atom. The summed E-state index contributed by atoms with van der Waals surface area (Å²) in [5, 5.41) is 33.0. The van der Waals surface area contributed by atoms with Gasteiger partial charge in [-0.2, -0.15) is 26.3 Å². The van der Waals surface area contributed by atoms with Crippen LogP contribution in [0.1, 0.15) is 101 Å². The van der Waals surface area contributed by atoms with E-state index in [1.54, 1.807) is 0 Å². The van der Waals surface area contributed by atoms with Crippen molar-refractivity contribution >= 4 is 58.6 Å². The van der Waals surface area contributed by atoms with E-state index in [4.69, 9.17) is 53.2 Å². The van der Waals surface area contributed by atoms with Crippen LogP contribution in [0.5, 0.6) is 0 Å². The molecule has 24 heteroatoms. The van der Waals surface area contributed by atoms with E-state index in [0.29, 0.717) is 45.4 Å². The maximum absolute atomic E-state index is 12.0. The summed E-state index contributed by atoms with van der Waals surface area (Å²) < 4.78 is 63.1. The number of nitrogen functional groups attached to an aromatic ring is 2. The van der Waals surface area contributed by atoms with Crippen LogP contribution in [0.15, 0.2) is 105 Å². The van der Waals surface area contributed by atoms with Crippen molar-refractivity contribution < 1.29 is 70.8 Å². The third kappa shape index (κ3) is 21.2. The molecular weight excluding hydrogens is 993 g/mol. The highest BCUT2D eigenvalue weighted by atomic mass is 19.4. The molecule has 0 bridgehead atoms. The summed E-state index contributed by atoms with van der Waals surface area (Å²) in [7, 11) is 0. The molecule has 0 aliphatic heterocycles. The van der Waals surface area contributed by atoms with Crippen molar-refractivity contribution in [2.24, 2.45) is 16.0 Å². The standard InChI is InChI=1S/C24H29N5O.C20H22N2O2.C3H8N4.2C2HF3O2/c1-24(2)22-15-19(25)10-8-17(22)14-18-9-11-20(16-23(18)24)27-12-5-7-21(30)6-3-4-13-28-29-26;1-20(2)17-11-15(21)7-5-13(17)10-14-6-8-16(12-18(14)20)22-9-3-4-19(23)24;4-2-1-3-6-7-5;2*3-2(4,5)1(6)7/h8-11,14-16H,3-7,12-13,25H2,1-2H3;5-8,10-12H,3-4,9,21H2,1-2H3,(H,23,24);1-4H2;2*(H,6,7). The van der Waals surface area contributed by atoms with Crippen molar-refractivity contribution in [3.63, 3.8) is 0 Å². The molecule has 2 aromatic carbocycles. The average Bonchev–Trinajstić information content (AvgIpc) is 3.33. The number of hydrogen-bond acceptors (Lipinski definition) is 11. The fourth-order valence-corrected chi connectivity index (χ4v) is 7.65. The number of aliphatic carboxylic acids is 3. The number of unbranched alkanes of at least 4 members (excludes halogenated alkanes) is 1. The molecule has 2 aromatic rings. The number of carboxylic acids is 3. The number of alkyl halides is 6. The molecule has 75 heavy (non-hydrogen) atoms. The van der Waals surface area contributed by atoms with E-state index in [2.05, 4.69) is 131 Å². The largest absolute Gasteiger partial charge is 0.542 e. The minimum atomic E-state index is -5.19. The molecule has 0 atom stereocenters. The molecule has 0 unspecified atom stereocenters. The number of Topliss-reactive ketones (excluding diaryl/α,β-unsaturated/α-hetero) is 1. The number of fused-ring (bicyclic) bond motifs is 4. The number of hydrogen-bond donors (Lipinski definition) is 6. The lowest BCUT2D eigenvalue weighted by Crippen LogP contribution is -2.72. The number of allylic oxidation sites excluding steroid dienone is 10. The van der Waals surface area contributed by atoms with E-state index in [0.717, 1.165) is 55.0 Å². The quantitative estimate of drug-likeness (QED) is 0.0331. The number of nitrogens with one attached hydrogen (secondary N) is 2. The average molecular weight is 1050 g/mol. The molecule has 0 amide bonds. The first kappa shape index (κ1) is 63.2. The number of ketones is 1.